The zero-order valence-corrected chi connectivity index (χ0v) is 13.4. The van der Waals surface area contributed by atoms with Gasteiger partial charge in [0.2, 0.25) is 0 Å². The Morgan fingerprint density at radius 3 is 2.83 bits per heavy atom. The first kappa shape index (κ1) is 15.4. The van der Waals surface area contributed by atoms with E-state index in [4.69, 9.17) is 4.74 Å². The molecule has 0 N–H and O–H groups in total. The van der Waals surface area contributed by atoms with E-state index in [1.54, 1.807) is 19.3 Å². The monoisotopic (exact) mass is 325 g/mol. The van der Waals surface area contributed by atoms with E-state index in [2.05, 4.69) is 15.0 Å². The van der Waals surface area contributed by atoms with Crippen LogP contribution in [0.2, 0.25) is 0 Å². The van der Waals surface area contributed by atoms with Crippen LogP contribution in [-0.2, 0) is 9.53 Å². The highest BCUT2D eigenvalue weighted by atomic mass is 32.2. The molecule has 2 heterocycles. The average Bonchev–Trinajstić information content (AvgIpc) is 2.60. The van der Waals surface area contributed by atoms with Gasteiger partial charge in [-0.05, 0) is 24.4 Å². The van der Waals surface area contributed by atoms with Crippen LogP contribution in [0.1, 0.15) is 6.92 Å². The standard InChI is InChI=1S/C17H15N3O2S/c1-2-22-15(21)11-23-17-19-10-8-14(20-17)16-13-6-4-3-5-12(13)7-9-18-16/h3-10H,2,11H2,1H3. The summed E-state index contributed by atoms with van der Waals surface area (Å²) in [6.45, 7) is 2.16. The first-order valence-electron chi connectivity index (χ1n) is 7.23. The quantitative estimate of drug-likeness (QED) is 0.407. The Bertz CT molecular complexity index is 833. The fourth-order valence-electron chi connectivity index (χ4n) is 2.19. The van der Waals surface area contributed by atoms with Gasteiger partial charge in [-0.15, -0.1) is 0 Å². The number of benzene rings is 1. The molecule has 0 saturated carbocycles. The van der Waals surface area contributed by atoms with Gasteiger partial charge in [0.1, 0.15) is 0 Å². The van der Waals surface area contributed by atoms with Gasteiger partial charge in [0.05, 0.1) is 23.7 Å². The van der Waals surface area contributed by atoms with Gasteiger partial charge in [0, 0.05) is 17.8 Å². The molecule has 6 heteroatoms. The summed E-state index contributed by atoms with van der Waals surface area (Å²) in [5.74, 6) is -0.0740. The molecule has 23 heavy (non-hydrogen) atoms. The van der Waals surface area contributed by atoms with E-state index < -0.39 is 0 Å². The molecule has 0 unspecified atom stereocenters. The molecule has 0 spiro atoms. The van der Waals surface area contributed by atoms with Crippen LogP contribution in [0, 0.1) is 0 Å². The number of rotatable bonds is 5. The first-order valence-corrected chi connectivity index (χ1v) is 8.22. The summed E-state index contributed by atoms with van der Waals surface area (Å²) in [5, 5.41) is 2.68. The zero-order valence-electron chi connectivity index (χ0n) is 12.6. The number of hydrogen-bond acceptors (Lipinski definition) is 6. The number of fused-ring (bicyclic) bond motifs is 1. The largest absolute Gasteiger partial charge is 0.465 e. The molecule has 0 radical (unpaired) electrons. The van der Waals surface area contributed by atoms with Crippen LogP contribution < -0.4 is 0 Å². The second-order valence-corrected chi connectivity index (χ2v) is 5.64. The topological polar surface area (TPSA) is 65.0 Å². The number of nitrogens with zero attached hydrogens (tertiary/aromatic N) is 3. The van der Waals surface area contributed by atoms with Crippen molar-refractivity contribution in [3.05, 3.63) is 48.8 Å². The fourth-order valence-corrected chi connectivity index (χ4v) is 2.82. The van der Waals surface area contributed by atoms with Gasteiger partial charge < -0.3 is 4.74 Å². The van der Waals surface area contributed by atoms with Crippen LogP contribution >= 0.6 is 11.8 Å². The van der Waals surface area contributed by atoms with Gasteiger partial charge in [-0.2, -0.15) is 0 Å². The molecule has 3 aromatic rings. The Kier molecular flexibility index (Phi) is 4.83. The van der Waals surface area contributed by atoms with Crippen molar-refractivity contribution < 1.29 is 9.53 Å². The molecule has 5 nitrogen and oxygen atoms in total. The minimum atomic E-state index is -0.269. The molecule has 3 rings (SSSR count). The molecule has 0 aliphatic heterocycles. The maximum absolute atomic E-state index is 11.4. The molecule has 0 bridgehead atoms. The second-order valence-electron chi connectivity index (χ2n) is 4.70. The molecule has 0 aliphatic carbocycles. The van der Waals surface area contributed by atoms with Crippen LogP contribution in [-0.4, -0.2) is 33.3 Å². The molecule has 0 amide bonds. The third-order valence-corrected chi connectivity index (χ3v) is 4.01. The molecule has 0 aliphatic rings. The molecular formula is C17H15N3O2S. The maximum atomic E-state index is 11.4. The smallest absolute Gasteiger partial charge is 0.316 e. The summed E-state index contributed by atoms with van der Waals surface area (Å²) in [4.78, 5) is 24.6. The third kappa shape index (κ3) is 3.65. The summed E-state index contributed by atoms with van der Waals surface area (Å²) < 4.78 is 4.91. The minimum absolute atomic E-state index is 0.195. The highest BCUT2D eigenvalue weighted by molar-refractivity contribution is 7.99. The Morgan fingerprint density at radius 1 is 1.13 bits per heavy atom. The van der Waals surface area contributed by atoms with Gasteiger partial charge in [0.25, 0.3) is 0 Å². The van der Waals surface area contributed by atoms with Crippen molar-refractivity contribution in [3.8, 4) is 11.4 Å². The highest BCUT2D eigenvalue weighted by Crippen LogP contribution is 2.25. The van der Waals surface area contributed by atoms with E-state index in [9.17, 15) is 4.79 Å². The molecule has 116 valence electrons. The number of thioether (sulfide) groups is 1. The van der Waals surface area contributed by atoms with Crippen molar-refractivity contribution in [3.63, 3.8) is 0 Å². The summed E-state index contributed by atoms with van der Waals surface area (Å²) in [7, 11) is 0. The lowest BCUT2D eigenvalue weighted by molar-refractivity contribution is -0.139. The number of pyridine rings is 1. The number of carbonyl (C=O) groups excluding carboxylic acids is 1. The SMILES string of the molecule is CCOC(=O)CSc1nccc(-c2nccc3ccccc23)n1. The molecule has 0 atom stereocenters. The van der Waals surface area contributed by atoms with Crippen molar-refractivity contribution in [2.24, 2.45) is 0 Å². The zero-order chi connectivity index (χ0) is 16.1. The highest BCUT2D eigenvalue weighted by Gasteiger charge is 2.10. The number of esters is 1. The third-order valence-electron chi connectivity index (χ3n) is 3.17. The number of hydrogen-bond donors (Lipinski definition) is 0. The fraction of sp³-hybridized carbons (Fsp3) is 0.176. The van der Waals surface area contributed by atoms with Gasteiger partial charge in [-0.3, -0.25) is 9.78 Å². The van der Waals surface area contributed by atoms with Crippen LogP contribution in [0.25, 0.3) is 22.2 Å². The number of aromatic nitrogens is 3. The van der Waals surface area contributed by atoms with Gasteiger partial charge in [-0.25, -0.2) is 9.97 Å². The van der Waals surface area contributed by atoms with Crippen LogP contribution in [0.4, 0.5) is 0 Å². The van der Waals surface area contributed by atoms with E-state index in [1.165, 1.54) is 11.8 Å². The molecule has 1 aromatic carbocycles. The lowest BCUT2D eigenvalue weighted by Gasteiger charge is -2.06. The van der Waals surface area contributed by atoms with E-state index in [1.807, 2.05) is 36.4 Å². The van der Waals surface area contributed by atoms with Crippen molar-refractivity contribution in [1.29, 1.82) is 0 Å². The van der Waals surface area contributed by atoms with Crippen LogP contribution in [0.3, 0.4) is 0 Å². The van der Waals surface area contributed by atoms with Gasteiger partial charge in [-0.1, -0.05) is 36.0 Å². The van der Waals surface area contributed by atoms with Crippen molar-refractivity contribution in [2.45, 2.75) is 12.1 Å². The van der Waals surface area contributed by atoms with Gasteiger partial charge >= 0.3 is 5.97 Å². The average molecular weight is 325 g/mol. The van der Waals surface area contributed by atoms with E-state index in [0.717, 1.165) is 22.2 Å². The van der Waals surface area contributed by atoms with Crippen molar-refractivity contribution in [1.82, 2.24) is 15.0 Å². The second kappa shape index (κ2) is 7.19. The number of carbonyl (C=O) groups is 1. The number of ether oxygens (including phenoxy) is 1. The Balaban J connectivity index is 1.88. The normalized spacial score (nSPS) is 10.7. The van der Waals surface area contributed by atoms with Crippen molar-refractivity contribution in [2.75, 3.05) is 12.4 Å². The molecule has 0 fully saturated rings. The van der Waals surface area contributed by atoms with Crippen LogP contribution in [0.15, 0.2) is 53.9 Å². The predicted molar refractivity (Wildman–Crippen MR) is 90.1 cm³/mol. The molecular weight excluding hydrogens is 310 g/mol. The lowest BCUT2D eigenvalue weighted by atomic mass is 10.1. The van der Waals surface area contributed by atoms with Crippen molar-refractivity contribution >= 4 is 28.5 Å². The summed E-state index contributed by atoms with van der Waals surface area (Å²) in [5.41, 5.74) is 1.55. The summed E-state index contributed by atoms with van der Waals surface area (Å²) in [6, 6.07) is 11.8. The van der Waals surface area contributed by atoms with E-state index >= 15 is 0 Å². The Hall–Kier alpha value is -2.47. The van der Waals surface area contributed by atoms with Gasteiger partial charge in [0.15, 0.2) is 5.16 Å². The first-order chi connectivity index (χ1) is 11.3. The Labute approximate surface area is 138 Å². The van der Waals surface area contributed by atoms with Crippen LogP contribution in [0.5, 0.6) is 0 Å². The molecule has 2 aromatic heterocycles. The van der Waals surface area contributed by atoms with E-state index in [0.29, 0.717) is 11.8 Å². The molecule has 0 saturated heterocycles. The summed E-state index contributed by atoms with van der Waals surface area (Å²) in [6.07, 6.45) is 3.45. The maximum Gasteiger partial charge on any atom is 0.316 e. The van der Waals surface area contributed by atoms with E-state index in [-0.39, 0.29) is 11.7 Å². The Morgan fingerprint density at radius 2 is 1.96 bits per heavy atom. The summed E-state index contributed by atoms with van der Waals surface area (Å²) >= 11 is 1.26. The lowest BCUT2D eigenvalue weighted by Crippen LogP contribution is -2.07. The minimum Gasteiger partial charge on any atom is -0.465 e. The predicted octanol–water partition coefficient (Wildman–Crippen LogP) is 3.35.